The summed E-state index contributed by atoms with van der Waals surface area (Å²) in [7, 11) is -3.42. The van der Waals surface area contributed by atoms with Gasteiger partial charge in [-0.15, -0.1) is 11.3 Å². The SMILES string of the molecule is O=C(NC1CCCC1)N1CCCN(S(=O)(=O)c2cccs2)CC1. The lowest BCUT2D eigenvalue weighted by Crippen LogP contribution is -2.45. The number of rotatable bonds is 3. The van der Waals surface area contributed by atoms with Gasteiger partial charge in [0.1, 0.15) is 4.21 Å². The van der Waals surface area contributed by atoms with E-state index in [1.54, 1.807) is 22.4 Å². The molecule has 1 aliphatic carbocycles. The summed E-state index contributed by atoms with van der Waals surface area (Å²) in [4.78, 5) is 14.1. The van der Waals surface area contributed by atoms with Gasteiger partial charge in [-0.05, 0) is 30.7 Å². The Kier molecular flexibility index (Phi) is 5.23. The van der Waals surface area contributed by atoms with E-state index < -0.39 is 10.0 Å². The van der Waals surface area contributed by atoms with Crippen molar-refractivity contribution in [1.29, 1.82) is 0 Å². The van der Waals surface area contributed by atoms with E-state index >= 15 is 0 Å². The smallest absolute Gasteiger partial charge is 0.317 e. The molecule has 1 aromatic rings. The van der Waals surface area contributed by atoms with Crippen LogP contribution in [0.5, 0.6) is 0 Å². The second-order valence-corrected chi connectivity index (χ2v) is 9.22. The molecule has 0 atom stereocenters. The van der Waals surface area contributed by atoms with Gasteiger partial charge in [0.25, 0.3) is 10.0 Å². The van der Waals surface area contributed by atoms with E-state index in [9.17, 15) is 13.2 Å². The molecule has 0 unspecified atom stereocenters. The summed E-state index contributed by atoms with van der Waals surface area (Å²) in [6.45, 7) is 1.88. The maximum absolute atomic E-state index is 12.6. The summed E-state index contributed by atoms with van der Waals surface area (Å²) in [6, 6.07) is 3.62. The molecule has 1 N–H and O–H groups in total. The number of thiophene rings is 1. The third kappa shape index (κ3) is 3.87. The molecule has 1 saturated heterocycles. The van der Waals surface area contributed by atoms with Gasteiger partial charge in [-0.25, -0.2) is 13.2 Å². The van der Waals surface area contributed by atoms with Crippen LogP contribution in [-0.2, 0) is 10.0 Å². The Morgan fingerprint density at radius 1 is 1.13 bits per heavy atom. The van der Waals surface area contributed by atoms with Crippen LogP contribution < -0.4 is 5.32 Å². The van der Waals surface area contributed by atoms with Crippen LogP contribution in [0.2, 0.25) is 0 Å². The van der Waals surface area contributed by atoms with Crippen molar-refractivity contribution in [2.24, 2.45) is 0 Å². The summed E-state index contributed by atoms with van der Waals surface area (Å²) < 4.78 is 27.0. The lowest BCUT2D eigenvalue weighted by Gasteiger charge is -2.23. The highest BCUT2D eigenvalue weighted by atomic mass is 32.2. The van der Waals surface area contributed by atoms with Crippen molar-refractivity contribution in [1.82, 2.24) is 14.5 Å². The number of urea groups is 1. The van der Waals surface area contributed by atoms with Gasteiger partial charge >= 0.3 is 6.03 Å². The number of amides is 2. The van der Waals surface area contributed by atoms with Crippen LogP contribution in [0.4, 0.5) is 4.79 Å². The highest BCUT2D eigenvalue weighted by Gasteiger charge is 2.29. The molecule has 1 aliphatic heterocycles. The summed E-state index contributed by atoms with van der Waals surface area (Å²) in [5, 5.41) is 4.85. The summed E-state index contributed by atoms with van der Waals surface area (Å²) in [5.41, 5.74) is 0. The Labute approximate surface area is 141 Å². The van der Waals surface area contributed by atoms with E-state index in [0.29, 0.717) is 36.8 Å². The maximum atomic E-state index is 12.6. The fourth-order valence-electron chi connectivity index (χ4n) is 3.21. The molecular formula is C15H23N3O3S2. The summed E-state index contributed by atoms with van der Waals surface area (Å²) in [6.07, 6.45) is 5.13. The molecule has 8 heteroatoms. The minimum Gasteiger partial charge on any atom is -0.335 e. The van der Waals surface area contributed by atoms with Gasteiger partial charge in [0, 0.05) is 32.2 Å². The van der Waals surface area contributed by atoms with Crippen LogP contribution in [0.25, 0.3) is 0 Å². The third-order valence-electron chi connectivity index (χ3n) is 4.51. The van der Waals surface area contributed by atoms with Crippen LogP contribution in [0.3, 0.4) is 0 Å². The molecule has 6 nitrogen and oxygen atoms in total. The molecule has 0 radical (unpaired) electrons. The molecular weight excluding hydrogens is 334 g/mol. The van der Waals surface area contributed by atoms with Crippen molar-refractivity contribution in [3.8, 4) is 0 Å². The average Bonchev–Trinajstić information content (AvgIpc) is 3.17. The number of nitrogens with one attached hydrogen (secondary N) is 1. The van der Waals surface area contributed by atoms with Crippen molar-refractivity contribution in [3.05, 3.63) is 17.5 Å². The molecule has 0 aromatic carbocycles. The molecule has 2 heterocycles. The number of hydrogen-bond acceptors (Lipinski definition) is 4. The molecule has 23 heavy (non-hydrogen) atoms. The first-order valence-corrected chi connectivity index (χ1v) is 10.5. The second-order valence-electron chi connectivity index (χ2n) is 6.11. The highest BCUT2D eigenvalue weighted by Crippen LogP contribution is 2.22. The van der Waals surface area contributed by atoms with Crippen molar-refractivity contribution < 1.29 is 13.2 Å². The van der Waals surface area contributed by atoms with Gasteiger partial charge in [0.05, 0.1) is 0 Å². The standard InChI is InChI=1S/C15H23N3O3S2/c19-15(16-13-5-1-2-6-13)17-8-4-9-18(11-10-17)23(20,21)14-7-3-12-22-14/h3,7,12-13H,1-2,4-6,8-11H2,(H,16,19). The molecule has 1 aromatic heterocycles. The fraction of sp³-hybridized carbons (Fsp3) is 0.667. The Balaban J connectivity index is 1.59. The van der Waals surface area contributed by atoms with E-state index in [2.05, 4.69) is 5.32 Å². The van der Waals surface area contributed by atoms with Crippen LogP contribution >= 0.6 is 11.3 Å². The number of sulfonamides is 1. The van der Waals surface area contributed by atoms with Crippen LogP contribution in [0.1, 0.15) is 32.1 Å². The summed E-state index contributed by atoms with van der Waals surface area (Å²) in [5.74, 6) is 0. The molecule has 0 bridgehead atoms. The van der Waals surface area contributed by atoms with E-state index in [1.165, 1.54) is 28.5 Å². The van der Waals surface area contributed by atoms with Crippen molar-refractivity contribution >= 4 is 27.4 Å². The molecule has 128 valence electrons. The maximum Gasteiger partial charge on any atom is 0.317 e. The number of carbonyl (C=O) groups excluding carboxylic acids is 1. The Morgan fingerprint density at radius 2 is 1.91 bits per heavy atom. The van der Waals surface area contributed by atoms with Gasteiger partial charge in [-0.2, -0.15) is 4.31 Å². The normalized spacial score (nSPS) is 21.3. The van der Waals surface area contributed by atoms with Crippen molar-refractivity contribution in [2.75, 3.05) is 26.2 Å². The van der Waals surface area contributed by atoms with Crippen LogP contribution in [-0.4, -0.2) is 55.9 Å². The zero-order valence-corrected chi connectivity index (χ0v) is 14.7. The molecule has 0 spiro atoms. The van der Waals surface area contributed by atoms with Crippen molar-refractivity contribution in [2.45, 2.75) is 42.4 Å². The van der Waals surface area contributed by atoms with Crippen LogP contribution in [0, 0.1) is 0 Å². The average molecular weight is 358 g/mol. The largest absolute Gasteiger partial charge is 0.335 e. The number of hydrogen-bond donors (Lipinski definition) is 1. The first-order chi connectivity index (χ1) is 11.1. The molecule has 2 fully saturated rings. The predicted molar refractivity (Wildman–Crippen MR) is 90.1 cm³/mol. The van der Waals surface area contributed by atoms with Gasteiger partial charge < -0.3 is 10.2 Å². The molecule has 2 aliphatic rings. The zero-order chi connectivity index (χ0) is 16.3. The van der Waals surface area contributed by atoms with Gasteiger partial charge in [-0.1, -0.05) is 18.9 Å². The Hall–Kier alpha value is -1.12. The molecule has 1 saturated carbocycles. The Morgan fingerprint density at radius 3 is 2.61 bits per heavy atom. The zero-order valence-electron chi connectivity index (χ0n) is 13.1. The topological polar surface area (TPSA) is 69.7 Å². The van der Waals surface area contributed by atoms with E-state index in [0.717, 1.165) is 12.8 Å². The number of carbonyl (C=O) groups is 1. The highest BCUT2D eigenvalue weighted by molar-refractivity contribution is 7.91. The van der Waals surface area contributed by atoms with Gasteiger partial charge in [-0.3, -0.25) is 0 Å². The predicted octanol–water partition coefficient (Wildman–Crippen LogP) is 2.10. The fourth-order valence-corrected chi connectivity index (χ4v) is 5.82. The summed E-state index contributed by atoms with van der Waals surface area (Å²) >= 11 is 1.24. The first-order valence-electron chi connectivity index (χ1n) is 8.16. The third-order valence-corrected chi connectivity index (χ3v) is 7.79. The lowest BCUT2D eigenvalue weighted by molar-refractivity contribution is 0.196. The molecule has 3 rings (SSSR count). The van der Waals surface area contributed by atoms with E-state index in [-0.39, 0.29) is 12.1 Å². The lowest BCUT2D eigenvalue weighted by atomic mass is 10.2. The van der Waals surface area contributed by atoms with Gasteiger partial charge in [0.2, 0.25) is 0 Å². The monoisotopic (exact) mass is 357 g/mol. The minimum atomic E-state index is -3.42. The first kappa shape index (κ1) is 16.7. The second kappa shape index (κ2) is 7.19. The quantitative estimate of drug-likeness (QED) is 0.901. The Bertz CT molecular complexity index is 624. The van der Waals surface area contributed by atoms with Crippen LogP contribution in [0.15, 0.2) is 21.7 Å². The minimum absolute atomic E-state index is 0.0488. The van der Waals surface area contributed by atoms with Crippen molar-refractivity contribution in [3.63, 3.8) is 0 Å². The number of nitrogens with zero attached hydrogens (tertiary/aromatic N) is 2. The molecule has 2 amide bonds. The van der Waals surface area contributed by atoms with E-state index in [4.69, 9.17) is 0 Å². The van der Waals surface area contributed by atoms with E-state index in [1.807, 2.05) is 0 Å². The van der Waals surface area contributed by atoms with Gasteiger partial charge in [0.15, 0.2) is 0 Å².